The third kappa shape index (κ3) is 3.33. The van der Waals surface area contributed by atoms with Crippen LogP contribution in [0.2, 0.25) is 0 Å². The van der Waals surface area contributed by atoms with Crippen molar-refractivity contribution in [1.82, 2.24) is 14.8 Å². The molecule has 1 atom stereocenters. The molecular weight excluding hydrogens is 404 g/mol. The van der Waals surface area contributed by atoms with Gasteiger partial charge in [-0.2, -0.15) is 10.1 Å². The molecule has 3 aromatic carbocycles. The van der Waals surface area contributed by atoms with Crippen LogP contribution in [0.15, 0.2) is 77.6 Å². The molecule has 32 heavy (non-hydrogen) atoms. The number of hydrogen-bond acceptors (Lipinski definition) is 5. The smallest absolute Gasteiger partial charge is 0.335 e. The van der Waals surface area contributed by atoms with Crippen molar-refractivity contribution < 1.29 is 9.90 Å². The highest BCUT2D eigenvalue weighted by Crippen LogP contribution is 2.36. The molecule has 2 N–H and O–H groups in total. The van der Waals surface area contributed by atoms with E-state index in [1.807, 2.05) is 48.5 Å². The number of nitrogens with zero attached hydrogens (tertiary/aromatic N) is 3. The second kappa shape index (κ2) is 7.77. The van der Waals surface area contributed by atoms with E-state index >= 15 is 0 Å². The molecule has 7 heteroatoms. The number of carboxylic acids is 1. The molecule has 0 amide bonds. The van der Waals surface area contributed by atoms with Gasteiger partial charge in [-0.25, -0.2) is 9.48 Å². The highest BCUT2D eigenvalue weighted by molar-refractivity contribution is 5.87. The molecule has 0 radical (unpaired) electrons. The van der Waals surface area contributed by atoms with E-state index in [0.29, 0.717) is 11.4 Å². The van der Waals surface area contributed by atoms with E-state index < -0.39 is 17.7 Å². The number of benzene rings is 3. The SMILES string of the molecule is CCc1ccc(-c2nn3c(nc2=O)-c2ccccc2N[C@H]3c2ccc(C(=O)O)cc2)cc1. The van der Waals surface area contributed by atoms with Gasteiger partial charge in [0.2, 0.25) is 0 Å². The molecular formula is C25H20N4O3. The van der Waals surface area contributed by atoms with Crippen LogP contribution in [-0.2, 0) is 6.42 Å². The lowest BCUT2D eigenvalue weighted by Crippen LogP contribution is -2.32. The number of rotatable bonds is 4. The van der Waals surface area contributed by atoms with Crippen molar-refractivity contribution in [2.75, 3.05) is 5.32 Å². The van der Waals surface area contributed by atoms with Crippen molar-refractivity contribution in [2.45, 2.75) is 19.5 Å². The maximum absolute atomic E-state index is 12.9. The second-order valence-corrected chi connectivity index (χ2v) is 7.60. The van der Waals surface area contributed by atoms with E-state index in [1.165, 1.54) is 5.56 Å². The number of fused-ring (bicyclic) bond motifs is 3. The van der Waals surface area contributed by atoms with E-state index in [4.69, 9.17) is 5.10 Å². The molecule has 0 fully saturated rings. The molecule has 158 valence electrons. The number of carbonyl (C=O) groups is 1. The highest BCUT2D eigenvalue weighted by Gasteiger charge is 2.28. The van der Waals surface area contributed by atoms with Gasteiger partial charge in [-0.05, 0) is 41.8 Å². The van der Waals surface area contributed by atoms with Gasteiger partial charge < -0.3 is 10.4 Å². The summed E-state index contributed by atoms with van der Waals surface area (Å²) in [5.74, 6) is -0.522. The molecule has 2 heterocycles. The number of aryl methyl sites for hydroxylation is 1. The summed E-state index contributed by atoms with van der Waals surface area (Å²) >= 11 is 0. The molecule has 7 nitrogen and oxygen atoms in total. The van der Waals surface area contributed by atoms with Crippen LogP contribution in [0.4, 0.5) is 5.69 Å². The predicted molar refractivity (Wildman–Crippen MR) is 122 cm³/mol. The van der Waals surface area contributed by atoms with E-state index in [-0.39, 0.29) is 11.3 Å². The largest absolute Gasteiger partial charge is 0.478 e. The van der Waals surface area contributed by atoms with Gasteiger partial charge in [0.25, 0.3) is 5.56 Å². The summed E-state index contributed by atoms with van der Waals surface area (Å²) < 4.78 is 1.70. The Morgan fingerprint density at radius 3 is 2.44 bits per heavy atom. The fourth-order valence-electron chi connectivity index (χ4n) is 3.89. The molecule has 1 aliphatic rings. The Bertz CT molecular complexity index is 1380. The predicted octanol–water partition coefficient (Wildman–Crippen LogP) is 4.21. The Morgan fingerprint density at radius 1 is 1.03 bits per heavy atom. The summed E-state index contributed by atoms with van der Waals surface area (Å²) in [6.45, 7) is 2.08. The van der Waals surface area contributed by atoms with Crippen LogP contribution >= 0.6 is 0 Å². The molecule has 0 spiro atoms. The lowest BCUT2D eigenvalue weighted by molar-refractivity contribution is 0.0697. The number of para-hydroxylation sites is 1. The quantitative estimate of drug-likeness (QED) is 0.510. The topological polar surface area (TPSA) is 97.1 Å². The Hall–Kier alpha value is -4.26. The zero-order valence-electron chi connectivity index (χ0n) is 17.3. The number of nitrogens with one attached hydrogen (secondary N) is 1. The van der Waals surface area contributed by atoms with Gasteiger partial charge in [0.05, 0.1) is 5.56 Å². The van der Waals surface area contributed by atoms with Crippen LogP contribution < -0.4 is 10.9 Å². The molecule has 0 aliphatic carbocycles. The Kier molecular flexibility index (Phi) is 4.78. The van der Waals surface area contributed by atoms with Crippen molar-refractivity contribution >= 4 is 11.7 Å². The number of carboxylic acid groups (broad SMARTS) is 1. The molecule has 4 aromatic rings. The summed E-state index contributed by atoms with van der Waals surface area (Å²) in [5, 5.41) is 17.4. The zero-order chi connectivity index (χ0) is 22.2. The fourth-order valence-corrected chi connectivity index (χ4v) is 3.89. The van der Waals surface area contributed by atoms with Crippen molar-refractivity contribution in [2.24, 2.45) is 0 Å². The Balaban J connectivity index is 1.68. The second-order valence-electron chi connectivity index (χ2n) is 7.60. The van der Waals surface area contributed by atoms with Crippen LogP contribution in [0.5, 0.6) is 0 Å². The van der Waals surface area contributed by atoms with Gasteiger partial charge in [0.15, 0.2) is 11.5 Å². The summed E-state index contributed by atoms with van der Waals surface area (Å²) in [5.41, 5.74) is 4.36. The third-order valence-electron chi connectivity index (χ3n) is 5.65. The molecule has 1 aliphatic heterocycles. The number of hydrogen-bond donors (Lipinski definition) is 2. The van der Waals surface area contributed by atoms with Crippen LogP contribution in [0.3, 0.4) is 0 Å². The van der Waals surface area contributed by atoms with Gasteiger partial charge >= 0.3 is 5.97 Å². The first-order valence-electron chi connectivity index (χ1n) is 10.3. The van der Waals surface area contributed by atoms with Crippen LogP contribution in [0, 0.1) is 0 Å². The minimum Gasteiger partial charge on any atom is -0.478 e. The molecule has 0 saturated carbocycles. The van der Waals surface area contributed by atoms with E-state index in [1.54, 1.807) is 28.9 Å². The number of aromatic carboxylic acids is 1. The van der Waals surface area contributed by atoms with Crippen molar-refractivity contribution in [3.63, 3.8) is 0 Å². The van der Waals surface area contributed by atoms with E-state index in [0.717, 1.165) is 23.2 Å². The summed E-state index contributed by atoms with van der Waals surface area (Å²) in [6, 6.07) is 21.9. The summed E-state index contributed by atoms with van der Waals surface area (Å²) in [4.78, 5) is 28.6. The first kappa shape index (κ1) is 19.7. The minimum absolute atomic E-state index is 0.202. The van der Waals surface area contributed by atoms with Crippen molar-refractivity contribution in [3.8, 4) is 22.6 Å². The standard InChI is InChI=1S/C25H20N4O3/c1-2-15-7-9-16(10-8-15)21-24(30)27-23-19-5-3-4-6-20(19)26-22(29(23)28-21)17-11-13-18(14-12-17)25(31)32/h3-14,22,26H,2H2,1H3,(H,31,32)/t22-/m1/s1. The maximum Gasteiger partial charge on any atom is 0.335 e. The van der Waals surface area contributed by atoms with Crippen LogP contribution in [-0.4, -0.2) is 25.8 Å². The number of aromatic nitrogens is 3. The van der Waals surface area contributed by atoms with Gasteiger partial charge in [-0.15, -0.1) is 0 Å². The molecule has 1 aromatic heterocycles. The maximum atomic E-state index is 12.9. The molecule has 0 bridgehead atoms. The van der Waals surface area contributed by atoms with Gasteiger partial charge in [-0.1, -0.05) is 55.5 Å². The third-order valence-corrected chi connectivity index (χ3v) is 5.65. The van der Waals surface area contributed by atoms with Crippen molar-refractivity contribution in [3.05, 3.63) is 99.8 Å². The Morgan fingerprint density at radius 2 is 1.75 bits per heavy atom. The summed E-state index contributed by atoms with van der Waals surface area (Å²) in [7, 11) is 0. The first-order chi connectivity index (χ1) is 15.5. The summed E-state index contributed by atoms with van der Waals surface area (Å²) in [6.07, 6.45) is 0.453. The zero-order valence-corrected chi connectivity index (χ0v) is 17.3. The van der Waals surface area contributed by atoms with E-state index in [2.05, 4.69) is 17.2 Å². The Labute approximate surface area is 184 Å². The van der Waals surface area contributed by atoms with Gasteiger partial charge in [-0.3, -0.25) is 4.79 Å². The normalized spacial score (nSPS) is 14.2. The minimum atomic E-state index is -0.986. The average molecular weight is 424 g/mol. The first-order valence-corrected chi connectivity index (χ1v) is 10.3. The lowest BCUT2D eigenvalue weighted by atomic mass is 10.0. The van der Waals surface area contributed by atoms with Crippen molar-refractivity contribution in [1.29, 1.82) is 0 Å². The van der Waals surface area contributed by atoms with Gasteiger partial charge in [0, 0.05) is 16.8 Å². The number of anilines is 1. The van der Waals surface area contributed by atoms with E-state index in [9.17, 15) is 14.7 Å². The average Bonchev–Trinajstić information content (AvgIpc) is 2.83. The highest BCUT2D eigenvalue weighted by atomic mass is 16.4. The fraction of sp³-hybridized carbons (Fsp3) is 0.120. The molecule has 0 unspecified atom stereocenters. The van der Waals surface area contributed by atoms with Crippen LogP contribution in [0.25, 0.3) is 22.6 Å². The molecule has 5 rings (SSSR count). The monoisotopic (exact) mass is 424 g/mol. The lowest BCUT2D eigenvalue weighted by Gasteiger charge is -2.30. The van der Waals surface area contributed by atoms with Gasteiger partial charge in [0.1, 0.15) is 6.17 Å². The molecule has 0 saturated heterocycles. The van der Waals surface area contributed by atoms with Crippen LogP contribution in [0.1, 0.15) is 34.6 Å².